The Morgan fingerprint density at radius 3 is 2.95 bits per heavy atom. The second-order valence-electron chi connectivity index (χ2n) is 5.42. The molecule has 0 spiro atoms. The van der Waals surface area contributed by atoms with Crippen LogP contribution in [-0.2, 0) is 11.3 Å². The Bertz CT molecular complexity index is 682. The number of carbonyl (C=O) groups excluding carboxylic acids is 1. The van der Waals surface area contributed by atoms with Crippen molar-refractivity contribution < 1.29 is 18.6 Å². The van der Waals surface area contributed by atoms with E-state index >= 15 is 0 Å². The minimum absolute atomic E-state index is 0.161. The van der Waals surface area contributed by atoms with Crippen LogP contribution >= 0.6 is 0 Å². The summed E-state index contributed by atoms with van der Waals surface area (Å²) in [4.78, 5) is 12.1. The van der Waals surface area contributed by atoms with Crippen LogP contribution in [0.1, 0.15) is 34.5 Å². The van der Waals surface area contributed by atoms with E-state index in [9.17, 15) is 9.18 Å². The summed E-state index contributed by atoms with van der Waals surface area (Å²) in [6, 6.07) is 4.16. The Kier molecular flexibility index (Phi) is 4.15. The summed E-state index contributed by atoms with van der Waals surface area (Å²) in [6.45, 7) is 2.46. The second-order valence-corrected chi connectivity index (χ2v) is 5.42. The van der Waals surface area contributed by atoms with Crippen LogP contribution in [-0.4, -0.2) is 22.8 Å². The molecule has 0 unspecified atom stereocenters. The van der Waals surface area contributed by atoms with E-state index in [0.29, 0.717) is 29.3 Å². The largest absolute Gasteiger partial charge is 0.376 e. The summed E-state index contributed by atoms with van der Waals surface area (Å²) in [6.07, 6.45) is 2.35. The fourth-order valence-corrected chi connectivity index (χ4v) is 1.97. The summed E-state index contributed by atoms with van der Waals surface area (Å²) < 4.78 is 23.8. The number of hydrogen-bond donors (Lipinski definition) is 1. The molecule has 0 atom stereocenters. The highest BCUT2D eigenvalue weighted by Crippen LogP contribution is 2.29. The van der Waals surface area contributed by atoms with Gasteiger partial charge in [-0.3, -0.25) is 4.79 Å². The molecule has 0 aliphatic heterocycles. The number of aromatic nitrogens is 2. The number of rotatable bonds is 6. The van der Waals surface area contributed by atoms with Crippen molar-refractivity contribution in [3.8, 4) is 0 Å². The van der Waals surface area contributed by atoms with E-state index in [1.807, 2.05) is 0 Å². The van der Waals surface area contributed by atoms with E-state index in [4.69, 9.17) is 4.74 Å². The Labute approximate surface area is 126 Å². The summed E-state index contributed by atoms with van der Waals surface area (Å²) in [5.74, 6) is 0.0758. The van der Waals surface area contributed by atoms with Crippen molar-refractivity contribution in [3.05, 3.63) is 40.8 Å². The maximum Gasteiger partial charge on any atom is 0.256 e. The lowest BCUT2D eigenvalue weighted by molar-refractivity contribution is 0.102. The van der Waals surface area contributed by atoms with Crippen molar-refractivity contribution in [3.63, 3.8) is 0 Å². The third kappa shape index (κ3) is 3.48. The van der Waals surface area contributed by atoms with E-state index in [-0.39, 0.29) is 18.2 Å². The van der Waals surface area contributed by atoms with Gasteiger partial charge in [-0.1, -0.05) is 5.16 Å². The van der Waals surface area contributed by atoms with Gasteiger partial charge in [-0.15, -0.1) is 0 Å². The average molecular weight is 305 g/mol. The average Bonchev–Trinajstić information content (AvgIpc) is 3.24. The van der Waals surface area contributed by atoms with Crippen molar-refractivity contribution in [1.82, 2.24) is 10.3 Å². The van der Waals surface area contributed by atoms with Crippen LogP contribution in [0.5, 0.6) is 0 Å². The third-order valence-corrected chi connectivity index (χ3v) is 3.50. The smallest absolute Gasteiger partial charge is 0.256 e. The molecule has 116 valence electrons. The molecule has 0 radical (unpaired) electrons. The van der Waals surface area contributed by atoms with Crippen molar-refractivity contribution in [2.75, 3.05) is 11.9 Å². The molecule has 22 heavy (non-hydrogen) atoms. The van der Waals surface area contributed by atoms with E-state index < -0.39 is 5.91 Å². The molecule has 1 aliphatic rings. The highest BCUT2D eigenvalue weighted by atomic mass is 19.1. The Hall–Kier alpha value is -2.28. The summed E-state index contributed by atoms with van der Waals surface area (Å²) in [7, 11) is 0. The molecule has 0 bridgehead atoms. The SMILES string of the molecule is Cc1nonc1NC(=O)c1ccc(F)c(COCC2CC2)c1. The molecule has 2 aromatic rings. The third-order valence-electron chi connectivity index (χ3n) is 3.50. The number of benzene rings is 1. The molecule has 0 saturated heterocycles. The van der Waals surface area contributed by atoms with Gasteiger partial charge < -0.3 is 10.1 Å². The predicted molar refractivity (Wildman–Crippen MR) is 75.8 cm³/mol. The lowest BCUT2D eigenvalue weighted by atomic mass is 10.1. The number of carbonyl (C=O) groups is 1. The number of hydrogen-bond acceptors (Lipinski definition) is 5. The summed E-state index contributed by atoms with van der Waals surface area (Å²) in [5, 5.41) is 9.73. The molecule has 1 saturated carbocycles. The fourth-order valence-electron chi connectivity index (χ4n) is 1.97. The quantitative estimate of drug-likeness (QED) is 0.888. The minimum atomic E-state index is -0.401. The molecule has 1 N–H and O–H groups in total. The van der Waals surface area contributed by atoms with Crippen molar-refractivity contribution in [2.24, 2.45) is 5.92 Å². The lowest BCUT2D eigenvalue weighted by Crippen LogP contribution is -2.14. The van der Waals surface area contributed by atoms with Crippen molar-refractivity contribution in [1.29, 1.82) is 0 Å². The molecule has 1 fully saturated rings. The van der Waals surface area contributed by atoms with Crippen molar-refractivity contribution in [2.45, 2.75) is 26.4 Å². The van der Waals surface area contributed by atoms with E-state index in [0.717, 1.165) is 0 Å². The highest BCUT2D eigenvalue weighted by molar-refractivity contribution is 6.04. The van der Waals surface area contributed by atoms with Crippen LogP contribution < -0.4 is 5.32 Å². The highest BCUT2D eigenvalue weighted by Gasteiger charge is 2.21. The van der Waals surface area contributed by atoms with E-state index in [1.165, 1.54) is 31.0 Å². The van der Waals surface area contributed by atoms with Gasteiger partial charge in [0, 0.05) is 17.7 Å². The maximum atomic E-state index is 13.8. The first-order valence-electron chi connectivity index (χ1n) is 7.10. The molecule has 3 rings (SSSR count). The van der Waals surface area contributed by atoms with Crippen LogP contribution in [0.25, 0.3) is 0 Å². The van der Waals surface area contributed by atoms with Gasteiger partial charge in [0.1, 0.15) is 11.5 Å². The zero-order valence-corrected chi connectivity index (χ0v) is 12.1. The van der Waals surface area contributed by atoms with Gasteiger partial charge in [0.05, 0.1) is 6.61 Å². The maximum absolute atomic E-state index is 13.8. The lowest BCUT2D eigenvalue weighted by Gasteiger charge is -2.07. The summed E-state index contributed by atoms with van der Waals surface area (Å²) in [5.41, 5.74) is 1.17. The van der Waals surface area contributed by atoms with Gasteiger partial charge in [-0.25, -0.2) is 9.02 Å². The predicted octanol–water partition coefficient (Wildman–Crippen LogP) is 2.70. The number of ether oxygens (including phenoxy) is 1. The van der Waals surface area contributed by atoms with E-state index in [1.54, 1.807) is 6.92 Å². The first kappa shape index (κ1) is 14.6. The molecular weight excluding hydrogens is 289 g/mol. The van der Waals surface area contributed by atoms with Crippen LogP contribution in [0.2, 0.25) is 0 Å². The van der Waals surface area contributed by atoms with E-state index in [2.05, 4.69) is 20.3 Å². The van der Waals surface area contributed by atoms with Crippen LogP contribution in [0.4, 0.5) is 10.2 Å². The molecule has 1 aliphatic carbocycles. The Balaban J connectivity index is 1.67. The fraction of sp³-hybridized carbons (Fsp3) is 0.400. The number of nitrogens with one attached hydrogen (secondary N) is 1. The Morgan fingerprint density at radius 2 is 2.27 bits per heavy atom. The molecular formula is C15H16FN3O3. The van der Waals surface area contributed by atoms with Gasteiger partial charge >= 0.3 is 0 Å². The number of nitrogens with zero attached hydrogens (tertiary/aromatic N) is 2. The van der Waals surface area contributed by atoms with Gasteiger partial charge in [0.15, 0.2) is 0 Å². The number of anilines is 1. The monoisotopic (exact) mass is 305 g/mol. The second kappa shape index (κ2) is 6.23. The normalized spacial score (nSPS) is 14.1. The molecule has 1 heterocycles. The first-order chi connectivity index (χ1) is 10.6. The zero-order chi connectivity index (χ0) is 15.5. The first-order valence-corrected chi connectivity index (χ1v) is 7.10. The van der Waals surface area contributed by atoms with Crippen LogP contribution in [0.15, 0.2) is 22.8 Å². The van der Waals surface area contributed by atoms with Gasteiger partial charge in [0.25, 0.3) is 5.91 Å². The molecule has 1 aromatic heterocycles. The zero-order valence-electron chi connectivity index (χ0n) is 12.1. The topological polar surface area (TPSA) is 77.3 Å². The van der Waals surface area contributed by atoms with Crippen LogP contribution in [0, 0.1) is 18.7 Å². The Morgan fingerprint density at radius 1 is 1.45 bits per heavy atom. The molecule has 1 amide bonds. The number of aryl methyl sites for hydroxylation is 1. The number of halogens is 1. The molecule has 7 heteroatoms. The van der Waals surface area contributed by atoms with Gasteiger partial charge in [0.2, 0.25) is 5.82 Å². The van der Waals surface area contributed by atoms with Gasteiger partial charge in [-0.05, 0) is 49.0 Å². The van der Waals surface area contributed by atoms with Crippen LogP contribution in [0.3, 0.4) is 0 Å². The van der Waals surface area contributed by atoms with Crippen molar-refractivity contribution >= 4 is 11.7 Å². The molecule has 1 aromatic carbocycles. The van der Waals surface area contributed by atoms with Gasteiger partial charge in [-0.2, -0.15) is 0 Å². The standard InChI is InChI=1S/C15H16FN3O3/c1-9-14(19-22-18-9)17-15(20)11-4-5-13(16)12(6-11)8-21-7-10-2-3-10/h4-6,10H,2-3,7-8H2,1H3,(H,17,19,20). The summed E-state index contributed by atoms with van der Waals surface area (Å²) >= 11 is 0. The number of amides is 1. The minimum Gasteiger partial charge on any atom is -0.376 e. The molecule has 6 nitrogen and oxygen atoms in total.